The minimum atomic E-state index is -1.15. The molecular formula is C12H9F2N3O2. The van der Waals surface area contributed by atoms with Crippen molar-refractivity contribution in [2.75, 3.05) is 5.32 Å². The second-order valence-electron chi connectivity index (χ2n) is 3.67. The Balaban J connectivity index is 2.14. The number of aromatic nitrogens is 2. The molecule has 0 amide bonds. The third-order valence-corrected chi connectivity index (χ3v) is 2.40. The summed E-state index contributed by atoms with van der Waals surface area (Å²) < 4.78 is 25.7. The maximum Gasteiger partial charge on any atom is 0.339 e. The summed E-state index contributed by atoms with van der Waals surface area (Å²) in [6, 6.07) is 3.31. The molecule has 2 rings (SSSR count). The first-order chi connectivity index (χ1) is 9.08. The van der Waals surface area contributed by atoms with Crippen molar-refractivity contribution in [1.29, 1.82) is 0 Å². The molecule has 1 aromatic carbocycles. The van der Waals surface area contributed by atoms with Crippen LogP contribution in [0.15, 0.2) is 30.7 Å². The molecule has 1 heterocycles. The number of hydrogen-bond acceptors (Lipinski definition) is 4. The summed E-state index contributed by atoms with van der Waals surface area (Å²) in [6.07, 6.45) is 2.40. The lowest BCUT2D eigenvalue weighted by Gasteiger charge is -2.08. The van der Waals surface area contributed by atoms with Crippen LogP contribution in [0.5, 0.6) is 0 Å². The molecule has 0 atom stereocenters. The molecule has 0 saturated carbocycles. The van der Waals surface area contributed by atoms with Gasteiger partial charge in [-0.05, 0) is 12.1 Å². The number of carbonyl (C=O) groups is 1. The third kappa shape index (κ3) is 3.01. The Labute approximate surface area is 106 Å². The van der Waals surface area contributed by atoms with Crippen molar-refractivity contribution >= 4 is 11.7 Å². The van der Waals surface area contributed by atoms with Gasteiger partial charge in [0, 0.05) is 18.0 Å². The summed E-state index contributed by atoms with van der Waals surface area (Å²) in [6.45, 7) is 0.0647. The van der Waals surface area contributed by atoms with E-state index in [1.807, 2.05) is 0 Å². The van der Waals surface area contributed by atoms with Crippen LogP contribution >= 0.6 is 0 Å². The van der Waals surface area contributed by atoms with Gasteiger partial charge in [0.25, 0.3) is 0 Å². The topological polar surface area (TPSA) is 75.1 Å². The van der Waals surface area contributed by atoms with Gasteiger partial charge in [0.05, 0.1) is 12.2 Å². The van der Waals surface area contributed by atoms with Crippen LogP contribution in [0.4, 0.5) is 14.5 Å². The molecule has 0 aliphatic carbocycles. The highest BCUT2D eigenvalue weighted by Gasteiger charge is 2.11. The Kier molecular flexibility index (Phi) is 3.65. The van der Waals surface area contributed by atoms with Crippen molar-refractivity contribution in [2.45, 2.75) is 6.54 Å². The Morgan fingerprint density at radius 1 is 1.32 bits per heavy atom. The van der Waals surface area contributed by atoms with Crippen molar-refractivity contribution < 1.29 is 18.7 Å². The summed E-state index contributed by atoms with van der Waals surface area (Å²) >= 11 is 0. The molecule has 2 N–H and O–H groups in total. The van der Waals surface area contributed by atoms with Gasteiger partial charge in [-0.2, -0.15) is 0 Å². The SMILES string of the molecule is O=C(O)c1cncnc1CNc1ccc(F)c(F)c1. The van der Waals surface area contributed by atoms with E-state index in [2.05, 4.69) is 15.3 Å². The number of aromatic carboxylic acids is 1. The average molecular weight is 265 g/mol. The number of anilines is 1. The van der Waals surface area contributed by atoms with E-state index in [0.29, 0.717) is 5.69 Å². The Morgan fingerprint density at radius 2 is 2.11 bits per heavy atom. The van der Waals surface area contributed by atoms with Gasteiger partial charge < -0.3 is 10.4 Å². The van der Waals surface area contributed by atoms with Gasteiger partial charge in [0.1, 0.15) is 11.9 Å². The van der Waals surface area contributed by atoms with Gasteiger partial charge in [-0.1, -0.05) is 0 Å². The lowest BCUT2D eigenvalue weighted by atomic mass is 10.2. The molecular weight excluding hydrogens is 256 g/mol. The number of benzene rings is 1. The zero-order valence-electron chi connectivity index (χ0n) is 9.60. The van der Waals surface area contributed by atoms with Crippen molar-refractivity contribution in [1.82, 2.24) is 9.97 Å². The normalized spacial score (nSPS) is 10.2. The van der Waals surface area contributed by atoms with Crippen LogP contribution in [0.1, 0.15) is 16.1 Å². The van der Waals surface area contributed by atoms with Crippen LogP contribution in [0.3, 0.4) is 0 Å². The first kappa shape index (κ1) is 12.9. The summed E-state index contributed by atoms with van der Waals surface area (Å²) in [5, 5.41) is 11.7. The average Bonchev–Trinajstić information content (AvgIpc) is 2.40. The van der Waals surface area contributed by atoms with Gasteiger partial charge in [0.15, 0.2) is 11.6 Å². The highest BCUT2D eigenvalue weighted by Crippen LogP contribution is 2.14. The molecule has 0 fully saturated rings. The van der Waals surface area contributed by atoms with E-state index < -0.39 is 17.6 Å². The second-order valence-corrected chi connectivity index (χ2v) is 3.67. The van der Waals surface area contributed by atoms with E-state index in [0.717, 1.165) is 12.1 Å². The number of hydrogen-bond donors (Lipinski definition) is 2. The lowest BCUT2D eigenvalue weighted by molar-refractivity contribution is 0.0694. The molecule has 98 valence electrons. The number of nitrogens with zero attached hydrogens (tertiary/aromatic N) is 2. The van der Waals surface area contributed by atoms with Crippen LogP contribution in [0.25, 0.3) is 0 Å². The van der Waals surface area contributed by atoms with Gasteiger partial charge in [-0.25, -0.2) is 23.5 Å². The number of rotatable bonds is 4. The van der Waals surface area contributed by atoms with Crippen molar-refractivity contribution in [2.24, 2.45) is 0 Å². The molecule has 0 aliphatic heterocycles. The van der Waals surface area contributed by atoms with Gasteiger partial charge >= 0.3 is 5.97 Å². The minimum Gasteiger partial charge on any atom is -0.478 e. The summed E-state index contributed by atoms with van der Waals surface area (Å²) in [5.41, 5.74) is 0.540. The van der Waals surface area contributed by atoms with Crippen LogP contribution in [-0.4, -0.2) is 21.0 Å². The smallest absolute Gasteiger partial charge is 0.339 e. The predicted octanol–water partition coefficient (Wildman–Crippen LogP) is 2.07. The zero-order valence-corrected chi connectivity index (χ0v) is 9.60. The zero-order chi connectivity index (χ0) is 13.8. The Morgan fingerprint density at radius 3 is 2.79 bits per heavy atom. The summed E-state index contributed by atoms with van der Waals surface area (Å²) in [4.78, 5) is 18.4. The van der Waals surface area contributed by atoms with Gasteiger partial charge in [-0.3, -0.25) is 0 Å². The fourth-order valence-electron chi connectivity index (χ4n) is 1.47. The third-order valence-electron chi connectivity index (χ3n) is 2.40. The fraction of sp³-hybridized carbons (Fsp3) is 0.0833. The quantitative estimate of drug-likeness (QED) is 0.885. The highest BCUT2D eigenvalue weighted by molar-refractivity contribution is 5.88. The molecule has 5 nitrogen and oxygen atoms in total. The Hall–Kier alpha value is -2.57. The summed E-state index contributed by atoms with van der Waals surface area (Å²) in [5.74, 6) is -3.08. The first-order valence-electron chi connectivity index (χ1n) is 5.29. The number of carboxylic acids is 1. The molecule has 19 heavy (non-hydrogen) atoms. The van der Waals surface area contributed by atoms with E-state index in [1.165, 1.54) is 18.6 Å². The molecule has 0 aliphatic rings. The number of halogens is 2. The molecule has 2 aromatic rings. The van der Waals surface area contributed by atoms with Crippen molar-refractivity contribution in [3.05, 3.63) is 53.6 Å². The monoisotopic (exact) mass is 265 g/mol. The minimum absolute atomic E-state index is 0.0439. The van der Waals surface area contributed by atoms with Crippen LogP contribution in [0.2, 0.25) is 0 Å². The number of carboxylic acid groups (broad SMARTS) is 1. The van der Waals surface area contributed by atoms with E-state index >= 15 is 0 Å². The molecule has 7 heteroatoms. The second kappa shape index (κ2) is 5.38. The lowest BCUT2D eigenvalue weighted by Crippen LogP contribution is -2.10. The number of nitrogens with one attached hydrogen (secondary N) is 1. The van der Waals surface area contributed by atoms with E-state index in [4.69, 9.17) is 5.11 Å². The van der Waals surface area contributed by atoms with Gasteiger partial charge in [-0.15, -0.1) is 0 Å². The Bertz CT molecular complexity index is 620. The van der Waals surface area contributed by atoms with E-state index in [1.54, 1.807) is 0 Å². The fourth-order valence-corrected chi connectivity index (χ4v) is 1.47. The van der Waals surface area contributed by atoms with Crippen LogP contribution in [0, 0.1) is 11.6 Å². The maximum atomic E-state index is 13.0. The molecule has 1 aromatic heterocycles. The summed E-state index contributed by atoms with van der Waals surface area (Å²) in [7, 11) is 0. The van der Waals surface area contributed by atoms with Crippen molar-refractivity contribution in [3.8, 4) is 0 Å². The van der Waals surface area contributed by atoms with E-state index in [9.17, 15) is 13.6 Å². The molecule has 0 spiro atoms. The first-order valence-corrected chi connectivity index (χ1v) is 5.29. The largest absolute Gasteiger partial charge is 0.478 e. The molecule has 0 radical (unpaired) electrons. The van der Waals surface area contributed by atoms with Gasteiger partial charge in [0.2, 0.25) is 0 Å². The molecule has 0 saturated heterocycles. The van der Waals surface area contributed by atoms with Crippen LogP contribution in [-0.2, 0) is 6.54 Å². The molecule has 0 bridgehead atoms. The predicted molar refractivity (Wildman–Crippen MR) is 62.7 cm³/mol. The standard InChI is InChI=1S/C12H9F2N3O2/c13-9-2-1-7(3-10(9)14)16-5-11-8(12(18)19)4-15-6-17-11/h1-4,6,16H,5H2,(H,18,19). The highest BCUT2D eigenvalue weighted by atomic mass is 19.2. The van der Waals surface area contributed by atoms with Crippen molar-refractivity contribution in [3.63, 3.8) is 0 Å². The maximum absolute atomic E-state index is 13.0. The molecule has 0 unspecified atom stereocenters. The van der Waals surface area contributed by atoms with Crippen LogP contribution < -0.4 is 5.32 Å². The van der Waals surface area contributed by atoms with E-state index in [-0.39, 0.29) is 17.8 Å².